The summed E-state index contributed by atoms with van der Waals surface area (Å²) in [5.74, 6) is 0.832. The Hall–Kier alpha value is -2.14. The molecule has 1 aliphatic rings. The minimum Gasteiger partial charge on any atom is -0.361 e. The quantitative estimate of drug-likeness (QED) is 0.890. The summed E-state index contributed by atoms with van der Waals surface area (Å²) < 4.78 is 5.11. The van der Waals surface area contributed by atoms with Gasteiger partial charge in [-0.05, 0) is 32.4 Å². The normalized spacial score (nSPS) is 15.8. The van der Waals surface area contributed by atoms with Crippen LogP contribution in [0.2, 0.25) is 0 Å². The number of benzene rings is 1. The first kappa shape index (κ1) is 14.8. The Morgan fingerprint density at radius 2 is 2.14 bits per heavy atom. The predicted octanol–water partition coefficient (Wildman–Crippen LogP) is 2.43. The average molecular weight is 299 g/mol. The Labute approximate surface area is 130 Å². The topological polar surface area (TPSA) is 58.4 Å². The van der Waals surface area contributed by atoms with E-state index in [1.807, 2.05) is 55.3 Å². The molecule has 0 bridgehead atoms. The number of hydrogen-bond acceptors (Lipinski definition) is 4. The van der Waals surface area contributed by atoms with E-state index in [1.165, 1.54) is 0 Å². The van der Waals surface area contributed by atoms with Crippen molar-refractivity contribution in [2.45, 2.75) is 38.4 Å². The average Bonchev–Trinajstić information content (AvgIpc) is 3.21. The minimum atomic E-state index is -0.321. The van der Waals surface area contributed by atoms with Crippen molar-refractivity contribution in [3.05, 3.63) is 53.4 Å². The zero-order chi connectivity index (χ0) is 15.5. The Bertz CT molecular complexity index is 634. The number of nitrogens with zero attached hydrogens (tertiary/aromatic N) is 2. The molecule has 1 aromatic heterocycles. The van der Waals surface area contributed by atoms with Gasteiger partial charge in [0.05, 0.1) is 5.69 Å². The van der Waals surface area contributed by atoms with Gasteiger partial charge < -0.3 is 9.84 Å². The number of aromatic nitrogens is 1. The van der Waals surface area contributed by atoms with Gasteiger partial charge >= 0.3 is 0 Å². The molecular weight excluding hydrogens is 278 g/mol. The molecule has 116 valence electrons. The summed E-state index contributed by atoms with van der Waals surface area (Å²) in [5.41, 5.74) is 1.82. The van der Waals surface area contributed by atoms with E-state index in [2.05, 4.69) is 10.5 Å². The summed E-state index contributed by atoms with van der Waals surface area (Å²) >= 11 is 0. The number of rotatable bonds is 6. The molecule has 1 fully saturated rings. The van der Waals surface area contributed by atoms with Gasteiger partial charge in [-0.15, -0.1) is 0 Å². The summed E-state index contributed by atoms with van der Waals surface area (Å²) in [6.45, 7) is 2.43. The van der Waals surface area contributed by atoms with Crippen molar-refractivity contribution in [3.63, 3.8) is 0 Å². The fourth-order valence-electron chi connectivity index (χ4n) is 2.59. The van der Waals surface area contributed by atoms with Gasteiger partial charge in [0.25, 0.3) is 0 Å². The SMILES string of the molecule is Cc1cc(CN(C)C(C(=O)NC2CC2)c2ccccc2)no1. The fourth-order valence-corrected chi connectivity index (χ4v) is 2.59. The van der Waals surface area contributed by atoms with E-state index in [0.717, 1.165) is 29.9 Å². The third-order valence-corrected chi connectivity index (χ3v) is 3.82. The Balaban J connectivity index is 1.78. The second-order valence-corrected chi connectivity index (χ2v) is 5.94. The summed E-state index contributed by atoms with van der Waals surface area (Å²) in [6, 6.07) is 11.8. The van der Waals surface area contributed by atoms with E-state index in [9.17, 15) is 4.79 Å². The number of carbonyl (C=O) groups excluding carboxylic acids is 1. The molecule has 0 radical (unpaired) electrons. The number of hydrogen-bond donors (Lipinski definition) is 1. The molecule has 1 aromatic carbocycles. The molecular formula is C17H21N3O2. The molecule has 1 unspecified atom stereocenters. The van der Waals surface area contributed by atoms with Crippen molar-refractivity contribution in [2.24, 2.45) is 0 Å². The lowest BCUT2D eigenvalue weighted by Crippen LogP contribution is -2.39. The van der Waals surface area contributed by atoms with Crippen molar-refractivity contribution in [3.8, 4) is 0 Å². The Morgan fingerprint density at radius 1 is 1.41 bits per heavy atom. The second-order valence-electron chi connectivity index (χ2n) is 5.94. The first-order valence-electron chi connectivity index (χ1n) is 7.61. The molecule has 0 aliphatic heterocycles. The Morgan fingerprint density at radius 3 is 2.73 bits per heavy atom. The lowest BCUT2D eigenvalue weighted by molar-refractivity contribution is -0.126. The van der Waals surface area contributed by atoms with Gasteiger partial charge in [-0.2, -0.15) is 0 Å². The monoisotopic (exact) mass is 299 g/mol. The highest BCUT2D eigenvalue weighted by molar-refractivity contribution is 5.83. The van der Waals surface area contributed by atoms with Crippen LogP contribution in [0.25, 0.3) is 0 Å². The molecule has 1 heterocycles. The van der Waals surface area contributed by atoms with Crippen LogP contribution in [0.5, 0.6) is 0 Å². The largest absolute Gasteiger partial charge is 0.361 e. The molecule has 0 spiro atoms. The van der Waals surface area contributed by atoms with Crippen LogP contribution < -0.4 is 5.32 Å². The third kappa shape index (κ3) is 3.54. The number of nitrogens with one attached hydrogen (secondary N) is 1. The summed E-state index contributed by atoms with van der Waals surface area (Å²) in [5, 5.41) is 7.12. The highest BCUT2D eigenvalue weighted by atomic mass is 16.5. The summed E-state index contributed by atoms with van der Waals surface area (Å²) in [4.78, 5) is 14.6. The van der Waals surface area contributed by atoms with E-state index in [1.54, 1.807) is 0 Å². The standard InChI is InChI=1S/C17H21N3O2/c1-12-10-15(19-22-12)11-20(2)16(13-6-4-3-5-7-13)17(21)18-14-8-9-14/h3-7,10,14,16H,8-9,11H2,1-2H3,(H,18,21). The fraction of sp³-hybridized carbons (Fsp3) is 0.412. The molecule has 1 saturated carbocycles. The van der Waals surface area contributed by atoms with Crippen molar-refractivity contribution in [2.75, 3.05) is 7.05 Å². The van der Waals surface area contributed by atoms with Gasteiger partial charge in [-0.3, -0.25) is 9.69 Å². The first-order valence-corrected chi connectivity index (χ1v) is 7.61. The van der Waals surface area contributed by atoms with E-state index < -0.39 is 0 Å². The van der Waals surface area contributed by atoms with E-state index >= 15 is 0 Å². The van der Waals surface area contributed by atoms with Gasteiger partial charge in [-0.25, -0.2) is 0 Å². The molecule has 1 amide bonds. The molecule has 22 heavy (non-hydrogen) atoms. The zero-order valence-electron chi connectivity index (χ0n) is 13.0. The van der Waals surface area contributed by atoms with Crippen molar-refractivity contribution in [1.29, 1.82) is 0 Å². The van der Waals surface area contributed by atoms with Crippen LogP contribution in [0.15, 0.2) is 40.9 Å². The highest BCUT2D eigenvalue weighted by Crippen LogP contribution is 2.25. The lowest BCUT2D eigenvalue weighted by Gasteiger charge is -2.26. The van der Waals surface area contributed by atoms with Crippen molar-refractivity contribution < 1.29 is 9.32 Å². The zero-order valence-corrected chi connectivity index (χ0v) is 13.0. The number of aryl methyl sites for hydroxylation is 1. The maximum absolute atomic E-state index is 12.6. The number of amides is 1. The van der Waals surface area contributed by atoms with Gasteiger partial charge in [-0.1, -0.05) is 35.5 Å². The number of likely N-dealkylation sites (N-methyl/N-ethyl adjacent to an activating group) is 1. The highest BCUT2D eigenvalue weighted by Gasteiger charge is 2.30. The maximum Gasteiger partial charge on any atom is 0.242 e. The number of carbonyl (C=O) groups is 1. The van der Waals surface area contributed by atoms with Gasteiger partial charge in [0.2, 0.25) is 5.91 Å². The second kappa shape index (κ2) is 6.32. The van der Waals surface area contributed by atoms with Crippen LogP contribution in [0.4, 0.5) is 0 Å². The molecule has 2 aromatic rings. The van der Waals surface area contributed by atoms with Crippen LogP contribution in [-0.2, 0) is 11.3 Å². The smallest absolute Gasteiger partial charge is 0.242 e. The lowest BCUT2D eigenvalue weighted by atomic mass is 10.0. The van der Waals surface area contributed by atoms with E-state index in [0.29, 0.717) is 12.6 Å². The van der Waals surface area contributed by atoms with Crippen molar-refractivity contribution >= 4 is 5.91 Å². The van der Waals surface area contributed by atoms with Crippen LogP contribution >= 0.6 is 0 Å². The maximum atomic E-state index is 12.6. The molecule has 1 atom stereocenters. The molecule has 3 rings (SSSR count). The van der Waals surface area contributed by atoms with Gasteiger partial charge in [0, 0.05) is 18.7 Å². The molecule has 1 N–H and O–H groups in total. The third-order valence-electron chi connectivity index (χ3n) is 3.82. The van der Waals surface area contributed by atoms with Crippen LogP contribution in [0.1, 0.15) is 35.9 Å². The van der Waals surface area contributed by atoms with E-state index in [-0.39, 0.29) is 11.9 Å². The van der Waals surface area contributed by atoms with E-state index in [4.69, 9.17) is 4.52 Å². The van der Waals surface area contributed by atoms with Gasteiger partial charge in [0.15, 0.2) is 0 Å². The Kier molecular flexibility index (Phi) is 4.24. The summed E-state index contributed by atoms with van der Waals surface area (Å²) in [6.07, 6.45) is 2.17. The molecule has 5 heteroatoms. The predicted molar refractivity (Wildman–Crippen MR) is 83.1 cm³/mol. The molecule has 5 nitrogen and oxygen atoms in total. The van der Waals surface area contributed by atoms with Crippen LogP contribution in [-0.4, -0.2) is 29.1 Å². The minimum absolute atomic E-state index is 0.0522. The molecule has 0 saturated heterocycles. The van der Waals surface area contributed by atoms with Crippen molar-refractivity contribution in [1.82, 2.24) is 15.4 Å². The summed E-state index contributed by atoms with van der Waals surface area (Å²) in [7, 11) is 1.94. The van der Waals surface area contributed by atoms with Gasteiger partial charge in [0.1, 0.15) is 11.8 Å². The van der Waals surface area contributed by atoms with Crippen LogP contribution in [0.3, 0.4) is 0 Å². The van der Waals surface area contributed by atoms with Crippen LogP contribution in [0, 0.1) is 6.92 Å². The first-order chi connectivity index (χ1) is 10.6. The molecule has 1 aliphatic carbocycles.